The number of alkyl halides is 1. The zero-order valence-corrected chi connectivity index (χ0v) is 13.6. The van der Waals surface area contributed by atoms with Gasteiger partial charge in [0, 0.05) is 11.1 Å². The Morgan fingerprint density at radius 2 is 1.76 bits per heavy atom. The van der Waals surface area contributed by atoms with Crippen LogP contribution in [0, 0.1) is 0 Å². The fourth-order valence-corrected chi connectivity index (χ4v) is 2.69. The number of anilines is 1. The Morgan fingerprint density at radius 3 is 2.38 bits per heavy atom. The molecule has 2 aromatic carbocycles. The minimum absolute atomic E-state index is 0.197. The van der Waals surface area contributed by atoms with Crippen molar-refractivity contribution in [3.63, 3.8) is 0 Å². The van der Waals surface area contributed by atoms with E-state index in [1.807, 2.05) is 0 Å². The second-order valence-electron chi connectivity index (χ2n) is 4.03. The van der Waals surface area contributed by atoms with E-state index in [1.165, 1.54) is 12.1 Å². The van der Waals surface area contributed by atoms with Gasteiger partial charge in [-0.1, -0.05) is 29.3 Å². The monoisotopic (exact) mass is 365 g/mol. The van der Waals surface area contributed by atoms with Crippen molar-refractivity contribution in [2.45, 2.75) is 0 Å². The van der Waals surface area contributed by atoms with Crippen LogP contribution >= 0.6 is 34.8 Å². The van der Waals surface area contributed by atoms with Crippen LogP contribution in [0.3, 0.4) is 0 Å². The first kappa shape index (κ1) is 16.2. The summed E-state index contributed by atoms with van der Waals surface area (Å²) in [5, 5.41) is 0.192. The van der Waals surface area contributed by atoms with Crippen LogP contribution in [-0.4, -0.2) is 13.6 Å². The highest BCUT2D eigenvalue weighted by Gasteiger charge is 2.11. The minimum atomic E-state index is -3.60. The summed E-state index contributed by atoms with van der Waals surface area (Å²) in [7, 11) is -3.60. The largest absolute Gasteiger partial charge is 0.457 e. The molecule has 2 rings (SSSR count). The highest BCUT2D eigenvalue weighted by atomic mass is 35.5. The summed E-state index contributed by atoms with van der Waals surface area (Å²) in [5.74, 6) is 1.00. The maximum atomic E-state index is 11.4. The third kappa shape index (κ3) is 4.68. The van der Waals surface area contributed by atoms with Crippen LogP contribution in [0.1, 0.15) is 0 Å². The van der Waals surface area contributed by atoms with E-state index in [0.29, 0.717) is 16.5 Å². The zero-order valence-electron chi connectivity index (χ0n) is 10.5. The second-order valence-corrected chi connectivity index (χ2v) is 7.18. The van der Waals surface area contributed by atoms with Crippen LogP contribution in [0.2, 0.25) is 10.0 Å². The maximum Gasteiger partial charge on any atom is 0.246 e. The molecule has 4 nitrogen and oxygen atoms in total. The number of nitrogens with one attached hydrogen (secondary N) is 1. The molecule has 0 unspecified atom stereocenters. The normalized spacial score (nSPS) is 11.2. The molecule has 0 bridgehead atoms. The van der Waals surface area contributed by atoms with E-state index in [-0.39, 0.29) is 10.7 Å². The van der Waals surface area contributed by atoms with Crippen molar-refractivity contribution in [2.75, 3.05) is 9.93 Å². The average Bonchev–Trinajstić information content (AvgIpc) is 2.42. The van der Waals surface area contributed by atoms with E-state index in [4.69, 9.17) is 39.5 Å². The molecule has 0 aromatic heterocycles. The number of hydrogen-bond acceptors (Lipinski definition) is 3. The number of benzene rings is 2. The Kier molecular flexibility index (Phi) is 5.22. The van der Waals surface area contributed by atoms with Gasteiger partial charge in [0.25, 0.3) is 0 Å². The molecule has 0 radical (unpaired) electrons. The quantitative estimate of drug-likeness (QED) is 0.779. The van der Waals surface area contributed by atoms with Crippen molar-refractivity contribution in [1.82, 2.24) is 0 Å². The summed E-state index contributed by atoms with van der Waals surface area (Å²) >= 11 is 17.2. The Hall–Kier alpha value is -1.14. The smallest absolute Gasteiger partial charge is 0.246 e. The van der Waals surface area contributed by atoms with Crippen LogP contribution in [0.25, 0.3) is 0 Å². The lowest BCUT2D eigenvalue weighted by molar-refractivity contribution is 0.483. The number of halogens is 3. The molecular formula is C13H10Cl3NO3S. The summed E-state index contributed by atoms with van der Waals surface area (Å²) in [6.45, 7) is 0. The van der Waals surface area contributed by atoms with E-state index in [0.717, 1.165) is 0 Å². The van der Waals surface area contributed by atoms with Gasteiger partial charge in [-0.2, -0.15) is 0 Å². The first-order valence-electron chi connectivity index (χ1n) is 5.69. The van der Waals surface area contributed by atoms with Crippen molar-refractivity contribution in [3.8, 4) is 11.5 Å². The van der Waals surface area contributed by atoms with E-state index in [1.54, 1.807) is 30.3 Å². The molecule has 1 N–H and O–H groups in total. The third-order valence-electron chi connectivity index (χ3n) is 2.38. The molecule has 0 spiro atoms. The SMILES string of the molecule is O=S(=O)(CCl)Nc1ccc(Oc2cccc(Cl)c2)cc1Cl. The predicted molar refractivity (Wildman–Crippen MR) is 86.2 cm³/mol. The first-order chi connectivity index (χ1) is 9.89. The Bertz CT molecular complexity index is 750. The van der Waals surface area contributed by atoms with Crippen molar-refractivity contribution < 1.29 is 13.2 Å². The van der Waals surface area contributed by atoms with Gasteiger partial charge in [0.2, 0.25) is 10.0 Å². The van der Waals surface area contributed by atoms with Gasteiger partial charge in [-0.15, -0.1) is 11.6 Å². The van der Waals surface area contributed by atoms with Gasteiger partial charge in [0.15, 0.2) is 0 Å². The summed E-state index contributed by atoms with van der Waals surface area (Å²) < 4.78 is 30.6. The van der Waals surface area contributed by atoms with Crippen molar-refractivity contribution >= 4 is 50.5 Å². The van der Waals surface area contributed by atoms with E-state index in [9.17, 15) is 8.42 Å². The van der Waals surface area contributed by atoms with E-state index < -0.39 is 15.2 Å². The summed E-state index contributed by atoms with van der Waals surface area (Å²) in [6, 6.07) is 11.4. The molecule has 0 heterocycles. The molecule has 0 amide bonds. The number of ether oxygens (including phenoxy) is 1. The van der Waals surface area contributed by atoms with Crippen LogP contribution in [0.4, 0.5) is 5.69 Å². The second kappa shape index (κ2) is 6.75. The molecule has 0 aliphatic rings. The average molecular weight is 367 g/mol. The van der Waals surface area contributed by atoms with E-state index >= 15 is 0 Å². The molecule has 0 saturated heterocycles. The molecule has 2 aromatic rings. The Labute approximate surface area is 137 Å². The van der Waals surface area contributed by atoms with Crippen molar-refractivity contribution in [1.29, 1.82) is 0 Å². The maximum absolute atomic E-state index is 11.4. The zero-order chi connectivity index (χ0) is 15.5. The number of rotatable bonds is 5. The number of hydrogen-bond donors (Lipinski definition) is 1. The third-order valence-corrected chi connectivity index (χ3v) is 4.61. The summed E-state index contributed by atoms with van der Waals surface area (Å²) in [4.78, 5) is 0. The fourth-order valence-electron chi connectivity index (χ4n) is 1.50. The van der Waals surface area contributed by atoms with Crippen LogP contribution in [0.15, 0.2) is 42.5 Å². The Balaban J connectivity index is 2.19. The standard InChI is InChI=1S/C13H10Cl3NO3S/c14-8-21(18,19)17-13-5-4-11(7-12(13)16)20-10-3-1-2-9(15)6-10/h1-7,17H,8H2. The summed E-state index contributed by atoms with van der Waals surface area (Å²) in [6.07, 6.45) is 0. The predicted octanol–water partition coefficient (Wildman–Crippen LogP) is 4.72. The fraction of sp³-hybridized carbons (Fsp3) is 0.0769. The summed E-state index contributed by atoms with van der Waals surface area (Å²) in [5.41, 5.74) is 0.232. The molecule has 112 valence electrons. The van der Waals surface area contributed by atoms with E-state index in [2.05, 4.69) is 4.72 Å². The molecular weight excluding hydrogens is 357 g/mol. The van der Waals surface area contributed by atoms with Crippen molar-refractivity contribution in [3.05, 3.63) is 52.5 Å². The van der Waals surface area contributed by atoms with Crippen LogP contribution in [0.5, 0.6) is 11.5 Å². The lowest BCUT2D eigenvalue weighted by Gasteiger charge is -2.10. The lowest BCUT2D eigenvalue weighted by Crippen LogP contribution is -2.13. The van der Waals surface area contributed by atoms with Gasteiger partial charge in [-0.3, -0.25) is 4.72 Å². The molecule has 8 heteroatoms. The van der Waals surface area contributed by atoms with Crippen LogP contribution < -0.4 is 9.46 Å². The highest BCUT2D eigenvalue weighted by molar-refractivity contribution is 7.93. The van der Waals surface area contributed by atoms with Gasteiger partial charge in [0.05, 0.1) is 10.7 Å². The van der Waals surface area contributed by atoms with Crippen molar-refractivity contribution in [2.24, 2.45) is 0 Å². The highest BCUT2D eigenvalue weighted by Crippen LogP contribution is 2.31. The molecule has 0 fully saturated rings. The molecule has 21 heavy (non-hydrogen) atoms. The lowest BCUT2D eigenvalue weighted by atomic mass is 10.3. The van der Waals surface area contributed by atoms with Gasteiger partial charge < -0.3 is 4.74 Å². The Morgan fingerprint density at radius 1 is 1.05 bits per heavy atom. The minimum Gasteiger partial charge on any atom is -0.457 e. The van der Waals surface area contributed by atoms with Crippen LogP contribution in [-0.2, 0) is 10.0 Å². The molecule has 0 saturated carbocycles. The van der Waals surface area contributed by atoms with Gasteiger partial charge >= 0.3 is 0 Å². The number of sulfonamides is 1. The molecule has 0 atom stereocenters. The molecule has 0 aliphatic carbocycles. The first-order valence-corrected chi connectivity index (χ1v) is 8.63. The van der Waals surface area contributed by atoms with Gasteiger partial charge in [-0.25, -0.2) is 8.42 Å². The van der Waals surface area contributed by atoms with Gasteiger partial charge in [0.1, 0.15) is 16.7 Å². The van der Waals surface area contributed by atoms with Gasteiger partial charge in [-0.05, 0) is 30.3 Å². The topological polar surface area (TPSA) is 55.4 Å². The molecule has 0 aliphatic heterocycles.